The van der Waals surface area contributed by atoms with Gasteiger partial charge in [0.2, 0.25) is 11.8 Å². The Morgan fingerprint density at radius 2 is 1.91 bits per heavy atom. The van der Waals surface area contributed by atoms with Crippen LogP contribution in [0.4, 0.5) is 0 Å². The molecule has 0 spiro atoms. The first-order valence-electron chi connectivity index (χ1n) is 11.4. The van der Waals surface area contributed by atoms with Gasteiger partial charge in [-0.15, -0.1) is 0 Å². The van der Waals surface area contributed by atoms with Crippen LogP contribution < -0.4 is 4.74 Å². The molecule has 1 saturated heterocycles. The van der Waals surface area contributed by atoms with Crippen molar-refractivity contribution in [3.05, 3.63) is 57.7 Å². The molecule has 1 saturated carbocycles. The maximum Gasteiger partial charge on any atom is 0.225 e. The van der Waals surface area contributed by atoms with Gasteiger partial charge >= 0.3 is 0 Å². The van der Waals surface area contributed by atoms with Gasteiger partial charge < -0.3 is 19.8 Å². The molecule has 1 amide bonds. The van der Waals surface area contributed by atoms with Crippen molar-refractivity contribution in [3.8, 4) is 5.88 Å². The summed E-state index contributed by atoms with van der Waals surface area (Å²) in [5.41, 5.74) is 2.07. The summed E-state index contributed by atoms with van der Waals surface area (Å²) in [5.74, 6) is 0.326. The largest absolute Gasteiger partial charge is 0.474 e. The lowest BCUT2D eigenvalue weighted by molar-refractivity contribution is -0.139. The number of aryl methyl sites for hydroxylation is 1. The number of nitrogens with zero attached hydrogens (tertiary/aromatic N) is 2. The van der Waals surface area contributed by atoms with Crippen LogP contribution in [-0.4, -0.2) is 57.4 Å². The van der Waals surface area contributed by atoms with E-state index in [4.69, 9.17) is 27.9 Å². The molecule has 2 heterocycles. The van der Waals surface area contributed by atoms with Gasteiger partial charge in [-0.05, 0) is 56.4 Å². The molecule has 1 aromatic heterocycles. The zero-order valence-corrected chi connectivity index (χ0v) is 20.3. The Balaban J connectivity index is 1.55. The van der Waals surface area contributed by atoms with E-state index in [2.05, 4.69) is 4.98 Å². The summed E-state index contributed by atoms with van der Waals surface area (Å²) in [6.07, 6.45) is 1.27. The fourth-order valence-electron chi connectivity index (χ4n) is 5.00. The van der Waals surface area contributed by atoms with Crippen LogP contribution in [-0.2, 0) is 4.79 Å². The van der Waals surface area contributed by atoms with Gasteiger partial charge in [0.15, 0.2) is 0 Å². The van der Waals surface area contributed by atoms with E-state index in [9.17, 15) is 15.0 Å². The zero-order valence-electron chi connectivity index (χ0n) is 18.8. The smallest absolute Gasteiger partial charge is 0.225 e. The average molecular weight is 493 g/mol. The first-order valence-corrected chi connectivity index (χ1v) is 12.2. The van der Waals surface area contributed by atoms with E-state index < -0.39 is 12.2 Å². The third-order valence-electron chi connectivity index (χ3n) is 6.97. The number of aromatic nitrogens is 1. The third kappa shape index (κ3) is 5.46. The average Bonchev–Trinajstić information content (AvgIpc) is 3.24. The molecule has 33 heavy (non-hydrogen) atoms. The standard InChI is InChI=1S/C25H30Cl2N2O4/c1-14-3-8-24(28-11-14)33-15(2)18-12-29(25(32)17-5-7-22(30)23(31)10-17)13-19(18)16-4-6-20(26)21(27)9-16/h3-4,6,8-9,11,15,17-19,22-23,30-31H,5,7,10,12-13H2,1-2H3/t15-,17-,18+,19+,22-,23-/m0/s1. The Morgan fingerprint density at radius 1 is 1.12 bits per heavy atom. The number of rotatable bonds is 5. The Hall–Kier alpha value is -1.86. The molecule has 2 fully saturated rings. The maximum atomic E-state index is 13.3. The molecule has 8 heteroatoms. The summed E-state index contributed by atoms with van der Waals surface area (Å²) in [6, 6.07) is 9.42. The van der Waals surface area contributed by atoms with Crippen molar-refractivity contribution in [2.24, 2.45) is 11.8 Å². The summed E-state index contributed by atoms with van der Waals surface area (Å²) in [6.45, 7) is 5.05. The molecule has 2 aliphatic rings. The minimum absolute atomic E-state index is 0.0169. The number of halogens is 2. The quantitative estimate of drug-likeness (QED) is 0.652. The molecule has 1 aromatic carbocycles. The van der Waals surface area contributed by atoms with Gasteiger partial charge in [-0.25, -0.2) is 4.98 Å². The molecule has 0 bridgehead atoms. The van der Waals surface area contributed by atoms with E-state index >= 15 is 0 Å². The number of ether oxygens (including phenoxy) is 1. The van der Waals surface area contributed by atoms with Crippen molar-refractivity contribution in [1.82, 2.24) is 9.88 Å². The zero-order chi connectivity index (χ0) is 23.7. The van der Waals surface area contributed by atoms with Gasteiger partial charge in [-0.3, -0.25) is 4.79 Å². The van der Waals surface area contributed by atoms with E-state index in [0.717, 1.165) is 11.1 Å². The molecule has 0 radical (unpaired) electrons. The van der Waals surface area contributed by atoms with Crippen molar-refractivity contribution in [1.29, 1.82) is 0 Å². The van der Waals surface area contributed by atoms with Crippen LogP contribution in [0.15, 0.2) is 36.5 Å². The Morgan fingerprint density at radius 3 is 2.58 bits per heavy atom. The summed E-state index contributed by atoms with van der Waals surface area (Å²) in [5, 5.41) is 20.9. The highest BCUT2D eigenvalue weighted by Gasteiger charge is 2.43. The van der Waals surface area contributed by atoms with E-state index in [1.807, 2.05) is 43.0 Å². The van der Waals surface area contributed by atoms with Crippen LogP contribution in [0.1, 0.15) is 43.2 Å². The van der Waals surface area contributed by atoms with Crippen LogP contribution in [0, 0.1) is 18.8 Å². The fourth-order valence-corrected chi connectivity index (χ4v) is 5.30. The number of likely N-dealkylation sites (tertiary alicyclic amines) is 1. The second kappa shape index (κ2) is 10.2. The second-order valence-electron chi connectivity index (χ2n) is 9.33. The van der Waals surface area contributed by atoms with Crippen LogP contribution >= 0.6 is 23.2 Å². The van der Waals surface area contributed by atoms with Crippen LogP contribution in [0.5, 0.6) is 5.88 Å². The molecule has 0 unspecified atom stereocenters. The number of benzene rings is 1. The normalized spacial score (nSPS) is 28.5. The SMILES string of the molecule is Cc1ccc(O[C@@H](C)[C@H]2CN(C(=O)[C@H]3CC[C@H](O)[C@@H](O)C3)C[C@@H]2c2ccc(Cl)c(Cl)c2)nc1. The molecule has 1 aliphatic carbocycles. The summed E-state index contributed by atoms with van der Waals surface area (Å²) in [4.78, 5) is 19.6. The van der Waals surface area contributed by atoms with E-state index in [1.54, 1.807) is 12.3 Å². The number of carbonyl (C=O) groups excluding carboxylic acids is 1. The highest BCUT2D eigenvalue weighted by Crippen LogP contribution is 2.39. The van der Waals surface area contributed by atoms with Gasteiger partial charge in [0.1, 0.15) is 6.10 Å². The van der Waals surface area contributed by atoms with Crippen LogP contribution in [0.2, 0.25) is 10.0 Å². The van der Waals surface area contributed by atoms with Crippen molar-refractivity contribution >= 4 is 29.1 Å². The fraction of sp³-hybridized carbons (Fsp3) is 0.520. The van der Waals surface area contributed by atoms with Gasteiger partial charge in [0.25, 0.3) is 0 Å². The molecule has 2 N–H and O–H groups in total. The summed E-state index contributed by atoms with van der Waals surface area (Å²) >= 11 is 12.4. The molecular formula is C25H30Cl2N2O4. The van der Waals surface area contributed by atoms with Gasteiger partial charge in [0, 0.05) is 43.1 Å². The van der Waals surface area contributed by atoms with Crippen LogP contribution in [0.25, 0.3) is 0 Å². The van der Waals surface area contributed by atoms with Crippen molar-refractivity contribution in [3.63, 3.8) is 0 Å². The minimum Gasteiger partial charge on any atom is -0.474 e. The van der Waals surface area contributed by atoms with E-state index in [0.29, 0.717) is 41.9 Å². The minimum atomic E-state index is -0.855. The Bertz CT molecular complexity index is 987. The number of hydrogen-bond acceptors (Lipinski definition) is 5. The predicted molar refractivity (Wildman–Crippen MR) is 128 cm³/mol. The number of amides is 1. The Kier molecular flexibility index (Phi) is 7.49. The lowest BCUT2D eigenvalue weighted by atomic mass is 9.84. The van der Waals surface area contributed by atoms with Crippen molar-refractivity contribution in [2.75, 3.05) is 13.1 Å². The molecular weight excluding hydrogens is 463 g/mol. The monoisotopic (exact) mass is 492 g/mol. The number of carbonyl (C=O) groups is 1. The van der Waals surface area contributed by atoms with Gasteiger partial charge in [-0.2, -0.15) is 0 Å². The highest BCUT2D eigenvalue weighted by molar-refractivity contribution is 6.42. The molecule has 4 rings (SSSR count). The number of hydrogen-bond donors (Lipinski definition) is 2. The first kappa shape index (κ1) is 24.3. The third-order valence-corrected chi connectivity index (χ3v) is 7.71. The topological polar surface area (TPSA) is 82.9 Å². The first-order chi connectivity index (χ1) is 15.7. The van der Waals surface area contributed by atoms with E-state index in [1.165, 1.54) is 0 Å². The van der Waals surface area contributed by atoms with Crippen molar-refractivity contribution in [2.45, 2.75) is 57.3 Å². The van der Waals surface area contributed by atoms with Crippen molar-refractivity contribution < 1.29 is 19.7 Å². The molecule has 6 nitrogen and oxygen atoms in total. The number of aliphatic hydroxyl groups excluding tert-OH is 2. The molecule has 2 aromatic rings. The van der Waals surface area contributed by atoms with Gasteiger partial charge in [0.05, 0.1) is 22.3 Å². The van der Waals surface area contributed by atoms with Crippen LogP contribution in [0.3, 0.4) is 0 Å². The predicted octanol–water partition coefficient (Wildman–Crippen LogP) is 4.23. The summed E-state index contributed by atoms with van der Waals surface area (Å²) < 4.78 is 6.18. The van der Waals surface area contributed by atoms with Gasteiger partial charge in [-0.1, -0.05) is 35.3 Å². The Labute approximate surface area is 204 Å². The lowest BCUT2D eigenvalue weighted by Crippen LogP contribution is -2.42. The van der Waals surface area contributed by atoms with E-state index in [-0.39, 0.29) is 36.2 Å². The second-order valence-corrected chi connectivity index (χ2v) is 10.1. The molecule has 178 valence electrons. The highest BCUT2D eigenvalue weighted by atomic mass is 35.5. The number of pyridine rings is 1. The molecule has 6 atom stereocenters. The number of aliphatic hydroxyl groups is 2. The summed E-state index contributed by atoms with van der Waals surface area (Å²) in [7, 11) is 0. The lowest BCUT2D eigenvalue weighted by Gasteiger charge is -2.32. The molecule has 1 aliphatic heterocycles. The maximum absolute atomic E-state index is 13.3.